The van der Waals surface area contributed by atoms with E-state index in [9.17, 15) is 23.1 Å². The molecule has 4 N–H and O–H groups in total. The van der Waals surface area contributed by atoms with Crippen molar-refractivity contribution in [2.75, 3.05) is 12.4 Å². The Morgan fingerprint density at radius 3 is 2.23 bits per heavy atom. The van der Waals surface area contributed by atoms with Gasteiger partial charge in [0.2, 0.25) is 21.6 Å². The second-order valence-electron chi connectivity index (χ2n) is 7.11. The van der Waals surface area contributed by atoms with Gasteiger partial charge in [-0.2, -0.15) is 0 Å². The number of phenols is 1. The number of aryl methyl sites for hydroxylation is 1. The van der Waals surface area contributed by atoms with Crippen LogP contribution in [0.15, 0.2) is 41.3 Å². The number of halogens is 1. The molecule has 3 rings (SSSR count). The molecule has 2 aromatic rings. The van der Waals surface area contributed by atoms with Gasteiger partial charge in [0.25, 0.3) is 0 Å². The first-order valence-electron chi connectivity index (χ1n) is 9.19. The highest BCUT2D eigenvalue weighted by molar-refractivity contribution is 7.89. The van der Waals surface area contributed by atoms with Crippen molar-refractivity contribution in [1.82, 2.24) is 10.0 Å². The van der Waals surface area contributed by atoms with Crippen LogP contribution in [0.3, 0.4) is 0 Å². The smallest absolute Gasteiger partial charge is 0.245 e. The van der Waals surface area contributed by atoms with Crippen LogP contribution in [0.25, 0.3) is 0 Å². The van der Waals surface area contributed by atoms with Crippen LogP contribution in [-0.2, 0) is 19.6 Å². The number of hydrogen-bond donors (Lipinski definition) is 4. The van der Waals surface area contributed by atoms with E-state index < -0.39 is 44.3 Å². The molecule has 3 atom stereocenters. The van der Waals surface area contributed by atoms with Gasteiger partial charge in [0, 0.05) is 6.04 Å². The molecule has 1 fully saturated rings. The summed E-state index contributed by atoms with van der Waals surface area (Å²) in [4.78, 5) is 23.8. The number of Topliss-reactive ketones (excluding diaryl/α,β-unsaturated/α-hetero) is 2. The van der Waals surface area contributed by atoms with Gasteiger partial charge in [-0.15, -0.1) is 0 Å². The fourth-order valence-corrected chi connectivity index (χ4v) is 4.59. The molecule has 1 aliphatic rings. The number of carbonyl (C=O) groups is 2. The lowest BCUT2D eigenvalue weighted by atomic mass is 9.82. The SMILES string of the molecule is CNS(=O)(=O)c1c(Cl)ccc(NC2C(=O)C(=O)C2NC(C)c2ccc(C)cc2)c1O. The lowest BCUT2D eigenvalue weighted by molar-refractivity contribution is -0.145. The largest absolute Gasteiger partial charge is 0.504 e. The first kappa shape index (κ1) is 22.2. The zero-order valence-electron chi connectivity index (χ0n) is 16.6. The number of ketones is 2. The monoisotopic (exact) mass is 451 g/mol. The van der Waals surface area contributed by atoms with E-state index in [1.807, 2.05) is 38.1 Å². The molecule has 0 aliphatic heterocycles. The molecule has 0 spiro atoms. The van der Waals surface area contributed by atoms with Gasteiger partial charge in [-0.3, -0.25) is 14.9 Å². The van der Waals surface area contributed by atoms with E-state index in [0.29, 0.717) is 0 Å². The minimum Gasteiger partial charge on any atom is -0.504 e. The maximum absolute atomic E-state index is 12.2. The van der Waals surface area contributed by atoms with Gasteiger partial charge >= 0.3 is 0 Å². The number of phenolic OH excluding ortho intramolecular Hbond substituents is 1. The average Bonchev–Trinajstić information content (AvgIpc) is 2.71. The van der Waals surface area contributed by atoms with E-state index in [1.165, 1.54) is 19.2 Å². The molecule has 1 saturated carbocycles. The Labute approximate surface area is 179 Å². The first-order valence-corrected chi connectivity index (χ1v) is 11.0. The third-order valence-corrected chi connectivity index (χ3v) is 7.00. The summed E-state index contributed by atoms with van der Waals surface area (Å²) in [6.07, 6.45) is 0. The van der Waals surface area contributed by atoms with Crippen LogP contribution in [0.5, 0.6) is 5.75 Å². The van der Waals surface area contributed by atoms with Gasteiger partial charge < -0.3 is 10.4 Å². The topological polar surface area (TPSA) is 125 Å². The van der Waals surface area contributed by atoms with Crippen molar-refractivity contribution >= 4 is 38.9 Å². The van der Waals surface area contributed by atoms with Crippen LogP contribution >= 0.6 is 11.6 Å². The van der Waals surface area contributed by atoms with Crippen molar-refractivity contribution < 1.29 is 23.1 Å². The van der Waals surface area contributed by atoms with Gasteiger partial charge in [-0.1, -0.05) is 41.4 Å². The number of aromatic hydroxyl groups is 1. The van der Waals surface area contributed by atoms with E-state index in [0.717, 1.165) is 11.1 Å². The number of sulfonamides is 1. The summed E-state index contributed by atoms with van der Waals surface area (Å²) in [5.74, 6) is -1.87. The number of hydrogen-bond acceptors (Lipinski definition) is 7. The molecular formula is C20H22ClN3O5S. The van der Waals surface area contributed by atoms with E-state index in [-0.39, 0.29) is 16.8 Å². The van der Waals surface area contributed by atoms with Crippen molar-refractivity contribution in [1.29, 1.82) is 0 Å². The van der Waals surface area contributed by atoms with Crippen LogP contribution in [-0.4, -0.2) is 44.2 Å². The minimum atomic E-state index is -4.04. The van der Waals surface area contributed by atoms with Crippen molar-refractivity contribution in [3.8, 4) is 5.75 Å². The van der Waals surface area contributed by atoms with Crippen LogP contribution in [0.1, 0.15) is 24.1 Å². The van der Waals surface area contributed by atoms with Crippen molar-refractivity contribution in [2.45, 2.75) is 36.9 Å². The van der Waals surface area contributed by atoms with Gasteiger partial charge in [-0.05, 0) is 38.6 Å². The molecule has 10 heteroatoms. The summed E-state index contributed by atoms with van der Waals surface area (Å²) in [5, 5.41) is 16.2. The highest BCUT2D eigenvalue weighted by atomic mass is 35.5. The maximum atomic E-state index is 12.2. The second kappa shape index (κ2) is 8.35. The summed E-state index contributed by atoms with van der Waals surface area (Å²) < 4.78 is 26.4. The van der Waals surface area contributed by atoms with E-state index >= 15 is 0 Å². The number of anilines is 1. The molecule has 2 aromatic carbocycles. The molecule has 0 saturated heterocycles. The van der Waals surface area contributed by atoms with Crippen LogP contribution in [0, 0.1) is 6.92 Å². The quantitative estimate of drug-likeness (QED) is 0.374. The molecular weight excluding hydrogens is 430 g/mol. The van der Waals surface area contributed by atoms with E-state index in [4.69, 9.17) is 11.6 Å². The standard InChI is InChI=1S/C20H22ClN3O5S/c1-10-4-6-12(7-5-10)11(2)23-15-16(19(27)18(15)26)24-14-9-8-13(21)20(17(14)25)30(28,29)22-3/h4-9,11,15-16,22-25H,1-3H3. The predicted molar refractivity (Wildman–Crippen MR) is 113 cm³/mol. The summed E-state index contributed by atoms with van der Waals surface area (Å²) in [5.41, 5.74) is 2.03. The minimum absolute atomic E-state index is 0.0196. The number of carbonyl (C=O) groups excluding carboxylic acids is 2. The number of nitrogens with one attached hydrogen (secondary N) is 3. The average molecular weight is 452 g/mol. The Morgan fingerprint density at radius 1 is 1.03 bits per heavy atom. The summed E-state index contributed by atoms with van der Waals surface area (Å²) in [7, 11) is -2.86. The molecule has 160 valence electrons. The third-order valence-electron chi connectivity index (χ3n) is 5.08. The molecule has 0 radical (unpaired) electrons. The lowest BCUT2D eigenvalue weighted by Gasteiger charge is -2.37. The molecule has 0 amide bonds. The molecule has 0 heterocycles. The molecule has 30 heavy (non-hydrogen) atoms. The van der Waals surface area contributed by atoms with Crippen molar-refractivity contribution in [3.05, 3.63) is 52.5 Å². The van der Waals surface area contributed by atoms with Gasteiger partial charge in [0.1, 0.15) is 17.0 Å². The molecule has 3 unspecified atom stereocenters. The van der Waals surface area contributed by atoms with Crippen LogP contribution in [0.2, 0.25) is 5.02 Å². The highest BCUT2D eigenvalue weighted by Gasteiger charge is 2.50. The van der Waals surface area contributed by atoms with E-state index in [2.05, 4.69) is 15.4 Å². The summed E-state index contributed by atoms with van der Waals surface area (Å²) >= 11 is 5.94. The number of benzene rings is 2. The second-order valence-corrected chi connectivity index (χ2v) is 9.34. The molecule has 0 aromatic heterocycles. The van der Waals surface area contributed by atoms with Gasteiger partial charge in [0.15, 0.2) is 5.75 Å². The fraction of sp³-hybridized carbons (Fsp3) is 0.300. The predicted octanol–water partition coefficient (Wildman–Crippen LogP) is 1.91. The zero-order valence-corrected chi connectivity index (χ0v) is 18.1. The molecule has 1 aliphatic carbocycles. The van der Waals surface area contributed by atoms with Crippen LogP contribution < -0.4 is 15.4 Å². The summed E-state index contributed by atoms with van der Waals surface area (Å²) in [6.45, 7) is 3.84. The van der Waals surface area contributed by atoms with Gasteiger partial charge in [-0.25, -0.2) is 13.1 Å². The highest BCUT2D eigenvalue weighted by Crippen LogP contribution is 2.38. The first-order chi connectivity index (χ1) is 14.1. The van der Waals surface area contributed by atoms with Crippen molar-refractivity contribution in [3.63, 3.8) is 0 Å². The van der Waals surface area contributed by atoms with Crippen LogP contribution in [0.4, 0.5) is 5.69 Å². The normalized spacial score (nSPS) is 20.0. The van der Waals surface area contributed by atoms with E-state index in [1.54, 1.807) is 0 Å². The number of rotatable bonds is 7. The zero-order chi connectivity index (χ0) is 22.2. The summed E-state index contributed by atoms with van der Waals surface area (Å²) in [6, 6.07) is 8.41. The maximum Gasteiger partial charge on any atom is 0.245 e. The Kier molecular flexibility index (Phi) is 6.19. The fourth-order valence-electron chi connectivity index (χ4n) is 3.24. The van der Waals surface area contributed by atoms with Crippen molar-refractivity contribution in [2.24, 2.45) is 0 Å². The Balaban J connectivity index is 1.83. The molecule has 0 bridgehead atoms. The Hall–Kier alpha value is -2.46. The lowest BCUT2D eigenvalue weighted by Crippen LogP contribution is -2.67. The third kappa shape index (κ3) is 4.06. The van der Waals surface area contributed by atoms with Gasteiger partial charge in [0.05, 0.1) is 10.7 Å². The Bertz CT molecular complexity index is 1100. The Morgan fingerprint density at radius 2 is 1.63 bits per heavy atom. The molecule has 8 nitrogen and oxygen atoms in total.